The van der Waals surface area contributed by atoms with Crippen LogP contribution in [0.1, 0.15) is 21.5 Å². The minimum atomic E-state index is -4.73. The molecule has 130 valence electrons. The van der Waals surface area contributed by atoms with Crippen LogP contribution in [-0.2, 0) is 12.8 Å². The zero-order valence-corrected chi connectivity index (χ0v) is 15.2. The Morgan fingerprint density at radius 3 is 2.64 bits per heavy atom. The molecule has 3 rings (SSSR count). The lowest BCUT2D eigenvalue weighted by Crippen LogP contribution is -2.20. The highest BCUT2D eigenvalue weighted by Crippen LogP contribution is 2.36. The van der Waals surface area contributed by atoms with Crippen LogP contribution in [0, 0.1) is 3.70 Å². The molecule has 1 aromatic heterocycles. The van der Waals surface area contributed by atoms with Gasteiger partial charge in [0.2, 0.25) is 0 Å². The first-order chi connectivity index (χ1) is 11.7. The molecule has 0 amide bonds. The van der Waals surface area contributed by atoms with Crippen LogP contribution >= 0.6 is 34.2 Å². The Kier molecular flexibility index (Phi) is 4.78. The summed E-state index contributed by atoms with van der Waals surface area (Å²) in [4.78, 5) is 12.8. The Morgan fingerprint density at radius 2 is 2.00 bits per heavy atom. The summed E-state index contributed by atoms with van der Waals surface area (Å²) < 4.78 is 41.1. The first-order valence-electron chi connectivity index (χ1n) is 6.92. The van der Waals surface area contributed by atoms with Gasteiger partial charge < -0.3 is 5.11 Å². The smallest absolute Gasteiger partial charge is 0.392 e. The van der Waals surface area contributed by atoms with Gasteiger partial charge in [0.05, 0.1) is 28.3 Å². The van der Waals surface area contributed by atoms with Gasteiger partial charge in [-0.2, -0.15) is 23.0 Å². The highest BCUT2D eigenvalue weighted by atomic mass is 127. The van der Waals surface area contributed by atoms with E-state index in [1.807, 2.05) is 22.6 Å². The number of rotatable bonds is 2. The summed E-state index contributed by atoms with van der Waals surface area (Å²) >= 11 is 7.78. The third-order valence-corrected chi connectivity index (χ3v) is 4.72. The molecule has 1 N–H and O–H groups in total. The van der Waals surface area contributed by atoms with Crippen molar-refractivity contribution in [1.82, 2.24) is 9.78 Å². The second kappa shape index (κ2) is 6.58. The number of hydrogen-bond acceptors (Lipinski definition) is 3. The number of benzene rings is 2. The molecule has 25 heavy (non-hydrogen) atoms. The van der Waals surface area contributed by atoms with Crippen LogP contribution in [0.5, 0.6) is 0 Å². The van der Waals surface area contributed by atoms with E-state index >= 15 is 0 Å². The van der Waals surface area contributed by atoms with E-state index in [9.17, 15) is 23.1 Å². The second-order valence-corrected chi connectivity index (χ2v) is 6.61. The van der Waals surface area contributed by atoms with Crippen LogP contribution in [0.25, 0.3) is 10.9 Å². The number of alkyl halides is 3. The molecule has 0 fully saturated rings. The first kappa shape index (κ1) is 18.2. The van der Waals surface area contributed by atoms with Crippen molar-refractivity contribution in [2.75, 3.05) is 0 Å². The fourth-order valence-corrected chi connectivity index (χ4v) is 3.39. The molecule has 3 aromatic rings. The van der Waals surface area contributed by atoms with E-state index in [0.29, 0.717) is 20.2 Å². The van der Waals surface area contributed by atoms with E-state index in [2.05, 4.69) is 5.10 Å². The van der Waals surface area contributed by atoms with Crippen LogP contribution in [0.2, 0.25) is 5.02 Å². The van der Waals surface area contributed by atoms with Crippen molar-refractivity contribution < 1.29 is 23.1 Å². The van der Waals surface area contributed by atoms with Gasteiger partial charge in [-0.05, 0) is 52.4 Å². The molecule has 9 heteroatoms. The highest BCUT2D eigenvalue weighted by Gasteiger charge is 2.37. The van der Waals surface area contributed by atoms with E-state index in [4.69, 9.17) is 11.6 Å². The molecular formula is C16H9ClF3IN2O2. The van der Waals surface area contributed by atoms with Crippen molar-refractivity contribution in [2.24, 2.45) is 0 Å². The molecule has 4 nitrogen and oxygen atoms in total. The predicted octanol–water partition coefficient (Wildman–Crippen LogP) is 4.49. The number of carbonyl (C=O) groups excluding carboxylic acids is 1. The van der Waals surface area contributed by atoms with E-state index in [-0.39, 0.29) is 11.6 Å². The summed E-state index contributed by atoms with van der Waals surface area (Å²) in [5, 5.41) is 13.6. The maximum Gasteiger partial charge on any atom is 0.417 e. The van der Waals surface area contributed by atoms with Crippen molar-refractivity contribution in [3.63, 3.8) is 0 Å². The number of hydrogen-bond donors (Lipinski definition) is 1. The molecule has 0 aliphatic heterocycles. The number of aliphatic hydroxyl groups excluding tert-OH is 1. The number of fused-ring (bicyclic) bond motifs is 1. The summed E-state index contributed by atoms with van der Waals surface area (Å²) in [6, 6.07) is 7.96. The van der Waals surface area contributed by atoms with Gasteiger partial charge in [0, 0.05) is 5.39 Å². The van der Waals surface area contributed by atoms with Gasteiger partial charge in [0.25, 0.3) is 5.91 Å². The standard InChI is InChI=1S/C16H9ClF3IN2O2/c17-11-3-1-2-10(16(18,19)20)13(11)15(25)23-12-6-8(7-24)4-5-9(12)14(21)22-23/h1-6,24H,7H2. The summed E-state index contributed by atoms with van der Waals surface area (Å²) in [6.45, 7) is -0.272. The summed E-state index contributed by atoms with van der Waals surface area (Å²) in [5.41, 5.74) is -0.976. The number of carbonyl (C=O) groups is 1. The lowest BCUT2D eigenvalue weighted by atomic mass is 10.1. The number of halogens is 5. The maximum absolute atomic E-state index is 13.3. The lowest BCUT2D eigenvalue weighted by Gasteiger charge is -2.13. The van der Waals surface area contributed by atoms with Gasteiger partial charge >= 0.3 is 6.18 Å². The topological polar surface area (TPSA) is 55.1 Å². The highest BCUT2D eigenvalue weighted by molar-refractivity contribution is 14.1. The summed E-state index contributed by atoms with van der Waals surface area (Å²) in [6.07, 6.45) is -4.73. The zero-order chi connectivity index (χ0) is 18.4. The fraction of sp³-hybridized carbons (Fsp3) is 0.125. The zero-order valence-electron chi connectivity index (χ0n) is 12.3. The van der Waals surface area contributed by atoms with Crippen molar-refractivity contribution in [2.45, 2.75) is 12.8 Å². The van der Waals surface area contributed by atoms with Crippen molar-refractivity contribution >= 4 is 51.0 Å². The second-order valence-electron chi connectivity index (χ2n) is 5.18. The van der Waals surface area contributed by atoms with E-state index in [1.165, 1.54) is 12.1 Å². The number of aliphatic hydroxyl groups is 1. The van der Waals surface area contributed by atoms with Gasteiger partial charge in [0.1, 0.15) is 3.70 Å². The van der Waals surface area contributed by atoms with Crippen LogP contribution < -0.4 is 0 Å². The van der Waals surface area contributed by atoms with E-state index < -0.39 is 23.2 Å². The molecular weight excluding hydrogens is 472 g/mol. The number of aromatic nitrogens is 2. The molecule has 0 saturated heterocycles. The Hall–Kier alpha value is -1.65. The Labute approximate surface area is 158 Å². The average Bonchev–Trinajstić information content (AvgIpc) is 2.89. The molecule has 0 unspecified atom stereocenters. The van der Waals surface area contributed by atoms with Gasteiger partial charge in [-0.25, -0.2) is 0 Å². The third-order valence-electron chi connectivity index (χ3n) is 3.61. The molecule has 0 saturated carbocycles. The van der Waals surface area contributed by atoms with Crippen LogP contribution in [0.4, 0.5) is 13.2 Å². The normalized spacial score (nSPS) is 11.9. The maximum atomic E-state index is 13.3. The average molecular weight is 481 g/mol. The Bertz CT molecular complexity index is 985. The van der Waals surface area contributed by atoms with Crippen molar-refractivity contribution in [3.05, 3.63) is 61.8 Å². The molecule has 0 atom stereocenters. The largest absolute Gasteiger partial charge is 0.417 e. The molecule has 0 spiro atoms. The molecule has 1 heterocycles. The lowest BCUT2D eigenvalue weighted by molar-refractivity contribution is -0.137. The minimum absolute atomic E-state index is 0.272. The fourth-order valence-electron chi connectivity index (χ4n) is 2.46. The van der Waals surface area contributed by atoms with Gasteiger partial charge in [-0.15, -0.1) is 0 Å². The summed E-state index contributed by atoms with van der Waals surface area (Å²) in [7, 11) is 0. The SMILES string of the molecule is O=C(c1c(Cl)cccc1C(F)(F)F)n1nc(I)c2ccc(CO)cc21. The molecule has 0 bridgehead atoms. The monoisotopic (exact) mass is 480 g/mol. The quantitative estimate of drug-likeness (QED) is 0.550. The van der Waals surface area contributed by atoms with Gasteiger partial charge in [-0.3, -0.25) is 4.79 Å². The molecule has 0 aliphatic rings. The first-order valence-corrected chi connectivity index (χ1v) is 8.38. The van der Waals surface area contributed by atoms with E-state index in [0.717, 1.165) is 16.8 Å². The van der Waals surface area contributed by atoms with E-state index in [1.54, 1.807) is 12.1 Å². The number of nitrogens with zero attached hydrogens (tertiary/aromatic N) is 2. The van der Waals surface area contributed by atoms with Crippen LogP contribution in [0.3, 0.4) is 0 Å². The molecule has 0 aliphatic carbocycles. The van der Waals surface area contributed by atoms with Crippen LogP contribution in [-0.4, -0.2) is 20.8 Å². The Balaban J connectivity index is 2.26. The van der Waals surface area contributed by atoms with Gasteiger partial charge in [0.15, 0.2) is 0 Å². The molecule has 0 radical (unpaired) electrons. The van der Waals surface area contributed by atoms with Gasteiger partial charge in [-0.1, -0.05) is 23.7 Å². The van der Waals surface area contributed by atoms with Crippen LogP contribution in [0.15, 0.2) is 36.4 Å². The predicted molar refractivity (Wildman–Crippen MR) is 94.6 cm³/mol. The van der Waals surface area contributed by atoms with Crippen molar-refractivity contribution in [3.8, 4) is 0 Å². The minimum Gasteiger partial charge on any atom is -0.392 e. The van der Waals surface area contributed by atoms with Crippen molar-refractivity contribution in [1.29, 1.82) is 0 Å². The Morgan fingerprint density at radius 1 is 1.28 bits per heavy atom. The summed E-state index contributed by atoms with van der Waals surface area (Å²) in [5.74, 6) is -0.985. The third kappa shape index (κ3) is 3.25. The molecule has 2 aromatic carbocycles.